The number of aryl methyl sites for hydroxylation is 1. The van der Waals surface area contributed by atoms with Crippen molar-refractivity contribution in [3.8, 4) is 5.75 Å². The molecular formula is C8H5F6NO. The van der Waals surface area contributed by atoms with Crippen molar-refractivity contribution in [1.82, 2.24) is 4.98 Å². The fourth-order valence-corrected chi connectivity index (χ4v) is 0.994. The molecule has 0 bridgehead atoms. The van der Waals surface area contributed by atoms with Crippen molar-refractivity contribution in [3.63, 3.8) is 0 Å². The molecule has 1 aromatic rings. The van der Waals surface area contributed by atoms with Crippen molar-refractivity contribution in [2.45, 2.75) is 19.7 Å². The Morgan fingerprint density at radius 2 is 1.88 bits per heavy atom. The fraction of sp³-hybridized carbons (Fsp3) is 0.375. The van der Waals surface area contributed by atoms with Gasteiger partial charge in [0, 0.05) is 0 Å². The van der Waals surface area contributed by atoms with Crippen LogP contribution in [0, 0.1) is 12.7 Å². The molecule has 0 unspecified atom stereocenters. The molecule has 8 heteroatoms. The topological polar surface area (TPSA) is 22.1 Å². The molecule has 0 atom stereocenters. The molecule has 0 aromatic carbocycles. The molecule has 0 saturated carbocycles. The lowest BCUT2D eigenvalue weighted by molar-refractivity contribution is -0.275. The van der Waals surface area contributed by atoms with Crippen LogP contribution in [0.1, 0.15) is 17.7 Å². The minimum Gasteiger partial charge on any atom is -0.404 e. The minimum atomic E-state index is -5.17. The van der Waals surface area contributed by atoms with Crippen molar-refractivity contribution in [2.24, 2.45) is 0 Å². The highest BCUT2D eigenvalue weighted by Crippen LogP contribution is 2.34. The fourth-order valence-electron chi connectivity index (χ4n) is 0.994. The van der Waals surface area contributed by atoms with Gasteiger partial charge in [0.05, 0.1) is 17.5 Å². The summed E-state index contributed by atoms with van der Waals surface area (Å²) in [5.41, 5.74) is -1.87. The molecule has 0 aliphatic rings. The zero-order valence-electron chi connectivity index (χ0n) is 7.78. The number of halogens is 6. The van der Waals surface area contributed by atoms with Crippen LogP contribution in [0.25, 0.3) is 0 Å². The maximum absolute atomic E-state index is 13.1. The highest BCUT2D eigenvalue weighted by Gasteiger charge is 2.34. The van der Waals surface area contributed by atoms with E-state index < -0.39 is 35.6 Å². The van der Waals surface area contributed by atoms with Gasteiger partial charge in [-0.3, -0.25) is 4.98 Å². The highest BCUT2D eigenvalue weighted by molar-refractivity contribution is 5.35. The van der Waals surface area contributed by atoms with Gasteiger partial charge >= 0.3 is 6.36 Å². The maximum Gasteiger partial charge on any atom is 0.573 e. The van der Waals surface area contributed by atoms with Crippen molar-refractivity contribution < 1.29 is 31.1 Å². The van der Waals surface area contributed by atoms with E-state index >= 15 is 0 Å². The third-order valence-corrected chi connectivity index (χ3v) is 1.64. The van der Waals surface area contributed by atoms with Crippen LogP contribution in [-0.4, -0.2) is 11.3 Å². The predicted octanol–water partition coefficient (Wildman–Crippen LogP) is 3.37. The first-order valence-corrected chi connectivity index (χ1v) is 3.91. The van der Waals surface area contributed by atoms with E-state index in [0.29, 0.717) is 6.20 Å². The Morgan fingerprint density at radius 1 is 1.31 bits per heavy atom. The summed E-state index contributed by atoms with van der Waals surface area (Å²) in [6, 6.07) is 0. The molecule has 0 fully saturated rings. The summed E-state index contributed by atoms with van der Waals surface area (Å²) in [6.45, 7) is 1.05. The number of pyridine rings is 1. The summed E-state index contributed by atoms with van der Waals surface area (Å²) < 4.78 is 76.4. The molecule has 1 aromatic heterocycles. The largest absolute Gasteiger partial charge is 0.573 e. The van der Waals surface area contributed by atoms with Gasteiger partial charge in [-0.1, -0.05) is 0 Å². The van der Waals surface area contributed by atoms with E-state index in [9.17, 15) is 26.3 Å². The molecule has 0 radical (unpaired) electrons. The minimum absolute atomic E-state index is 0.410. The lowest BCUT2D eigenvalue weighted by atomic mass is 10.2. The monoisotopic (exact) mass is 245 g/mol. The van der Waals surface area contributed by atoms with E-state index in [4.69, 9.17) is 0 Å². The Labute approximate surface area is 85.9 Å². The smallest absolute Gasteiger partial charge is 0.404 e. The van der Waals surface area contributed by atoms with Gasteiger partial charge in [-0.25, -0.2) is 13.2 Å². The summed E-state index contributed by atoms with van der Waals surface area (Å²) in [7, 11) is 0. The number of rotatable bonds is 2. The average Bonchev–Trinajstić information content (AvgIpc) is 2.08. The van der Waals surface area contributed by atoms with Crippen LogP contribution in [0.5, 0.6) is 5.75 Å². The van der Waals surface area contributed by atoms with E-state index in [1.165, 1.54) is 0 Å². The second-order valence-electron chi connectivity index (χ2n) is 2.78. The van der Waals surface area contributed by atoms with E-state index in [2.05, 4.69) is 9.72 Å². The Bertz CT molecular complexity index is 389. The lowest BCUT2D eigenvalue weighted by Gasteiger charge is -2.13. The normalized spacial score (nSPS) is 12.0. The quantitative estimate of drug-likeness (QED) is 0.745. The summed E-state index contributed by atoms with van der Waals surface area (Å²) in [6.07, 6.45) is -8.18. The van der Waals surface area contributed by atoms with Crippen molar-refractivity contribution >= 4 is 0 Å². The number of hydrogen-bond donors (Lipinski definition) is 0. The van der Waals surface area contributed by atoms with Gasteiger partial charge in [-0.15, -0.1) is 13.2 Å². The van der Waals surface area contributed by atoms with Crippen LogP contribution in [0.2, 0.25) is 0 Å². The number of aromatic nitrogens is 1. The number of ether oxygens (including phenoxy) is 1. The SMILES string of the molecule is Cc1ncc(OC(F)(F)F)c(C(F)F)c1F. The first-order chi connectivity index (χ1) is 7.22. The van der Waals surface area contributed by atoms with Crippen molar-refractivity contribution in [3.05, 3.63) is 23.3 Å². The lowest BCUT2D eigenvalue weighted by Crippen LogP contribution is -2.19. The van der Waals surface area contributed by atoms with Crippen LogP contribution in [0.3, 0.4) is 0 Å². The van der Waals surface area contributed by atoms with E-state index in [-0.39, 0.29) is 0 Å². The Hall–Kier alpha value is -1.47. The maximum atomic E-state index is 13.1. The summed E-state index contributed by atoms with van der Waals surface area (Å²) in [4.78, 5) is 3.17. The molecule has 16 heavy (non-hydrogen) atoms. The molecule has 1 heterocycles. The number of hydrogen-bond acceptors (Lipinski definition) is 2. The molecular weight excluding hydrogens is 240 g/mol. The van der Waals surface area contributed by atoms with Crippen molar-refractivity contribution in [2.75, 3.05) is 0 Å². The molecule has 0 saturated heterocycles. The van der Waals surface area contributed by atoms with Gasteiger partial charge in [-0.2, -0.15) is 0 Å². The average molecular weight is 245 g/mol. The predicted molar refractivity (Wildman–Crippen MR) is 40.6 cm³/mol. The molecule has 2 nitrogen and oxygen atoms in total. The first kappa shape index (κ1) is 12.6. The first-order valence-electron chi connectivity index (χ1n) is 3.91. The van der Waals surface area contributed by atoms with Gasteiger partial charge in [0.1, 0.15) is 0 Å². The second-order valence-corrected chi connectivity index (χ2v) is 2.78. The van der Waals surface area contributed by atoms with E-state index in [1.54, 1.807) is 0 Å². The van der Waals surface area contributed by atoms with Crippen molar-refractivity contribution in [1.29, 1.82) is 0 Å². The van der Waals surface area contributed by atoms with Crippen LogP contribution < -0.4 is 4.74 Å². The molecule has 0 N–H and O–H groups in total. The van der Waals surface area contributed by atoms with Gasteiger partial charge < -0.3 is 4.74 Å². The third kappa shape index (κ3) is 2.77. The zero-order valence-corrected chi connectivity index (χ0v) is 7.78. The molecule has 0 aliphatic heterocycles. The zero-order chi connectivity index (χ0) is 12.5. The molecule has 0 amide bonds. The number of alkyl halides is 5. The van der Waals surface area contributed by atoms with Crippen LogP contribution in [0.15, 0.2) is 6.20 Å². The van der Waals surface area contributed by atoms with Gasteiger partial charge in [0.25, 0.3) is 6.43 Å². The molecule has 90 valence electrons. The molecule has 0 spiro atoms. The standard InChI is InChI=1S/C8H5F6NO/c1-3-6(9)5(7(10)11)4(2-15-3)16-8(12,13)14/h2,7H,1H3. The Balaban J connectivity index is 3.24. The molecule has 1 rings (SSSR count). The van der Waals surface area contributed by atoms with Crippen LogP contribution >= 0.6 is 0 Å². The van der Waals surface area contributed by atoms with Crippen LogP contribution in [-0.2, 0) is 0 Å². The van der Waals surface area contributed by atoms with E-state index in [0.717, 1.165) is 6.92 Å². The Kier molecular flexibility index (Phi) is 3.30. The third-order valence-electron chi connectivity index (χ3n) is 1.64. The van der Waals surface area contributed by atoms with Gasteiger partial charge in [0.15, 0.2) is 11.6 Å². The summed E-state index contributed by atoms with van der Waals surface area (Å²) in [5.74, 6) is -2.83. The summed E-state index contributed by atoms with van der Waals surface area (Å²) >= 11 is 0. The van der Waals surface area contributed by atoms with E-state index in [1.807, 2.05) is 0 Å². The Morgan fingerprint density at radius 3 is 2.31 bits per heavy atom. The molecule has 0 aliphatic carbocycles. The van der Waals surface area contributed by atoms with Gasteiger partial charge in [-0.05, 0) is 6.92 Å². The second kappa shape index (κ2) is 4.18. The highest BCUT2D eigenvalue weighted by atomic mass is 19.4. The van der Waals surface area contributed by atoms with Crippen LogP contribution in [0.4, 0.5) is 26.3 Å². The summed E-state index contributed by atoms with van der Waals surface area (Å²) in [5, 5.41) is 0. The van der Waals surface area contributed by atoms with Gasteiger partial charge in [0.2, 0.25) is 0 Å². The number of nitrogens with zero attached hydrogens (tertiary/aromatic N) is 1.